The van der Waals surface area contributed by atoms with Crippen LogP contribution in [0.1, 0.15) is 6.42 Å². The summed E-state index contributed by atoms with van der Waals surface area (Å²) in [6.07, 6.45) is 8.98. The van der Waals surface area contributed by atoms with Crippen LogP contribution < -0.4 is 5.19 Å². The van der Waals surface area contributed by atoms with Crippen molar-refractivity contribution in [1.29, 1.82) is 0 Å². The Hall–Kier alpha value is -1.32. The Morgan fingerprint density at radius 2 is 2.10 bits per heavy atom. The first-order chi connectivity index (χ1) is 9.64. The van der Waals surface area contributed by atoms with Gasteiger partial charge in [-0.1, -0.05) is 47.6 Å². The average Bonchev–Trinajstić information content (AvgIpc) is 2.93. The predicted octanol–water partition coefficient (Wildman–Crippen LogP) is 4.10. The maximum Gasteiger partial charge on any atom is 0.0945 e. The summed E-state index contributed by atoms with van der Waals surface area (Å²) in [4.78, 5) is 4.08. The zero-order valence-electron chi connectivity index (χ0n) is 11.9. The number of aryl methyl sites for hydroxylation is 1. The first-order valence-electron chi connectivity index (χ1n) is 6.97. The summed E-state index contributed by atoms with van der Waals surface area (Å²) in [6.45, 7) is 7.41. The maximum atomic E-state index is 6.00. The molecule has 0 aliphatic rings. The topological polar surface area (TPSA) is 17.8 Å². The van der Waals surface area contributed by atoms with Crippen molar-refractivity contribution < 1.29 is 0 Å². The molecule has 2 nitrogen and oxygen atoms in total. The van der Waals surface area contributed by atoms with Crippen molar-refractivity contribution in [2.75, 3.05) is 0 Å². The number of aromatic nitrogens is 2. The minimum Gasteiger partial charge on any atom is -0.338 e. The lowest BCUT2D eigenvalue weighted by Gasteiger charge is -2.27. The van der Waals surface area contributed by atoms with Gasteiger partial charge in [0.1, 0.15) is 0 Å². The molecule has 0 N–H and O–H groups in total. The van der Waals surface area contributed by atoms with Crippen LogP contribution in [0.4, 0.5) is 0 Å². The van der Waals surface area contributed by atoms with Crippen LogP contribution in [0.15, 0.2) is 55.6 Å². The van der Waals surface area contributed by atoms with Gasteiger partial charge in [-0.3, -0.25) is 0 Å². The van der Waals surface area contributed by atoms with Gasteiger partial charge in [0, 0.05) is 24.0 Å². The van der Waals surface area contributed by atoms with Crippen molar-refractivity contribution in [1.82, 2.24) is 9.55 Å². The van der Waals surface area contributed by atoms with Gasteiger partial charge < -0.3 is 4.57 Å². The van der Waals surface area contributed by atoms with Gasteiger partial charge in [0.2, 0.25) is 0 Å². The second-order valence-corrected chi connectivity index (χ2v) is 10.5. The van der Waals surface area contributed by atoms with E-state index in [1.165, 1.54) is 17.7 Å². The maximum absolute atomic E-state index is 6.00. The van der Waals surface area contributed by atoms with Crippen molar-refractivity contribution in [3.8, 4) is 0 Å². The fourth-order valence-electron chi connectivity index (χ4n) is 2.61. The molecule has 2 aromatic rings. The monoisotopic (exact) mass is 304 g/mol. The van der Waals surface area contributed by atoms with Crippen LogP contribution in [0, 0.1) is 0 Å². The lowest BCUT2D eigenvalue weighted by atomic mass is 10.4. The smallest absolute Gasteiger partial charge is 0.0945 e. The van der Waals surface area contributed by atoms with E-state index in [9.17, 15) is 0 Å². The number of hydrogen-bond donors (Lipinski definition) is 0. The van der Waals surface area contributed by atoms with E-state index in [-0.39, 0.29) is 0 Å². The molecule has 1 atom stereocenters. The number of allylic oxidation sites excluding steroid dienone is 1. The van der Waals surface area contributed by atoms with E-state index in [0.717, 1.165) is 17.6 Å². The molecule has 1 unspecified atom stereocenters. The second kappa shape index (κ2) is 6.91. The Kier molecular flexibility index (Phi) is 5.21. The Balaban J connectivity index is 2.04. The molecule has 0 radical (unpaired) electrons. The standard InChI is InChI=1S/C16H21ClN2Si/c1-3-12-20(2,16-7-5-15(17)6-8-16)13-4-10-19-11-9-18-14-19/h3,5-9,11,14H,1,4,10,12-13H2,2H3. The summed E-state index contributed by atoms with van der Waals surface area (Å²) >= 11 is 6.00. The number of rotatable bonds is 7. The third-order valence-corrected chi connectivity index (χ3v) is 8.47. The highest BCUT2D eigenvalue weighted by molar-refractivity contribution is 6.91. The van der Waals surface area contributed by atoms with Gasteiger partial charge in [-0.05, 0) is 24.6 Å². The molecule has 2 rings (SSSR count). The van der Waals surface area contributed by atoms with E-state index in [1.54, 1.807) is 0 Å². The van der Waals surface area contributed by atoms with Gasteiger partial charge in [0.05, 0.1) is 14.4 Å². The highest BCUT2D eigenvalue weighted by atomic mass is 35.5. The van der Waals surface area contributed by atoms with E-state index in [2.05, 4.69) is 40.9 Å². The van der Waals surface area contributed by atoms with Crippen LogP contribution in [0.25, 0.3) is 0 Å². The van der Waals surface area contributed by atoms with Crippen molar-refractivity contribution >= 4 is 24.9 Å². The molecule has 0 saturated carbocycles. The summed E-state index contributed by atoms with van der Waals surface area (Å²) in [7, 11) is -1.49. The minimum absolute atomic E-state index is 0.808. The summed E-state index contributed by atoms with van der Waals surface area (Å²) < 4.78 is 2.14. The Bertz CT molecular complexity index is 536. The zero-order valence-corrected chi connectivity index (χ0v) is 13.7. The molecule has 0 aliphatic carbocycles. The molecule has 1 aromatic heterocycles. The molecule has 0 amide bonds. The molecule has 0 bridgehead atoms. The molecule has 1 aromatic carbocycles. The molecular formula is C16H21ClN2Si. The van der Waals surface area contributed by atoms with Crippen molar-refractivity contribution in [2.24, 2.45) is 0 Å². The largest absolute Gasteiger partial charge is 0.338 e. The van der Waals surface area contributed by atoms with Crippen LogP contribution in [0.5, 0.6) is 0 Å². The summed E-state index contributed by atoms with van der Waals surface area (Å²) in [5.41, 5.74) is 0. The molecule has 4 heteroatoms. The van der Waals surface area contributed by atoms with E-state index in [1.807, 2.05) is 30.9 Å². The summed E-state index contributed by atoms with van der Waals surface area (Å²) in [5, 5.41) is 2.27. The van der Waals surface area contributed by atoms with Gasteiger partial charge >= 0.3 is 0 Å². The van der Waals surface area contributed by atoms with E-state index in [4.69, 9.17) is 11.6 Å². The van der Waals surface area contributed by atoms with Crippen LogP contribution in [0.2, 0.25) is 23.7 Å². The van der Waals surface area contributed by atoms with Gasteiger partial charge in [0.15, 0.2) is 0 Å². The summed E-state index contributed by atoms with van der Waals surface area (Å²) in [6, 6.07) is 10.7. The Labute approximate surface area is 127 Å². The van der Waals surface area contributed by atoms with E-state index < -0.39 is 8.07 Å². The Morgan fingerprint density at radius 1 is 1.35 bits per heavy atom. The van der Waals surface area contributed by atoms with Gasteiger partial charge in [0.25, 0.3) is 0 Å². The number of halogens is 1. The third-order valence-electron chi connectivity index (χ3n) is 3.84. The van der Waals surface area contributed by atoms with E-state index in [0.29, 0.717) is 0 Å². The molecule has 0 spiro atoms. The molecule has 106 valence electrons. The normalized spacial score (nSPS) is 13.9. The highest BCUT2D eigenvalue weighted by Gasteiger charge is 2.27. The SMILES string of the molecule is C=CC[Si](C)(CCCn1ccnc1)c1ccc(Cl)cc1. The van der Waals surface area contributed by atoms with Crippen LogP contribution in [0.3, 0.4) is 0 Å². The Morgan fingerprint density at radius 3 is 2.70 bits per heavy atom. The molecular weight excluding hydrogens is 284 g/mol. The molecule has 20 heavy (non-hydrogen) atoms. The molecule has 1 heterocycles. The zero-order chi connectivity index (χ0) is 14.4. The average molecular weight is 305 g/mol. The first-order valence-corrected chi connectivity index (χ1v) is 10.3. The van der Waals surface area contributed by atoms with Gasteiger partial charge in [-0.25, -0.2) is 4.98 Å². The minimum atomic E-state index is -1.49. The third kappa shape index (κ3) is 3.84. The van der Waals surface area contributed by atoms with Crippen molar-refractivity contribution in [3.05, 3.63) is 60.7 Å². The van der Waals surface area contributed by atoms with Crippen LogP contribution in [-0.4, -0.2) is 17.6 Å². The highest BCUT2D eigenvalue weighted by Crippen LogP contribution is 2.20. The predicted molar refractivity (Wildman–Crippen MR) is 89.4 cm³/mol. The van der Waals surface area contributed by atoms with Crippen LogP contribution in [-0.2, 0) is 6.54 Å². The number of hydrogen-bond acceptors (Lipinski definition) is 1. The lowest BCUT2D eigenvalue weighted by molar-refractivity contribution is 0.673. The molecule has 0 saturated heterocycles. The quantitative estimate of drug-likeness (QED) is 0.556. The number of nitrogens with zero attached hydrogens (tertiary/aromatic N) is 2. The van der Waals surface area contributed by atoms with Gasteiger partial charge in [-0.15, -0.1) is 6.58 Å². The van der Waals surface area contributed by atoms with E-state index >= 15 is 0 Å². The molecule has 0 fully saturated rings. The second-order valence-electron chi connectivity index (χ2n) is 5.46. The molecule has 0 aliphatic heterocycles. The summed E-state index contributed by atoms with van der Waals surface area (Å²) in [5.74, 6) is 0. The van der Waals surface area contributed by atoms with Crippen molar-refractivity contribution in [3.63, 3.8) is 0 Å². The fourth-order valence-corrected chi connectivity index (χ4v) is 6.01. The number of imidazole rings is 1. The first kappa shape index (κ1) is 15.1. The number of benzene rings is 1. The lowest BCUT2D eigenvalue weighted by Crippen LogP contribution is -2.44. The van der Waals surface area contributed by atoms with Crippen LogP contribution >= 0.6 is 11.6 Å². The van der Waals surface area contributed by atoms with Crippen molar-refractivity contribution in [2.45, 2.75) is 31.6 Å². The fraction of sp³-hybridized carbons (Fsp3) is 0.312. The van der Waals surface area contributed by atoms with Gasteiger partial charge in [-0.2, -0.15) is 0 Å².